The molecule has 0 heterocycles. The summed E-state index contributed by atoms with van der Waals surface area (Å²) in [5.74, 6) is 0. The molecule has 0 aliphatic heterocycles. The van der Waals surface area contributed by atoms with Gasteiger partial charge in [-0.05, 0) is 85.6 Å². The summed E-state index contributed by atoms with van der Waals surface area (Å²) in [4.78, 5) is 0. The van der Waals surface area contributed by atoms with Crippen molar-refractivity contribution >= 4 is 11.1 Å². The summed E-state index contributed by atoms with van der Waals surface area (Å²) in [5.41, 5.74) is 11.7. The quantitative estimate of drug-likeness (QED) is 0.565. The van der Waals surface area contributed by atoms with E-state index in [4.69, 9.17) is 0 Å². The van der Waals surface area contributed by atoms with E-state index < -0.39 is 0 Å². The Morgan fingerprint density at radius 3 is 2.17 bits per heavy atom. The standard InChI is InChI=1S/C24H26/c1-16(2)23-15-21(20-12-10-17(3)11-13-20)14-19(5)24(23)22-9-7-6-8-18(22)4/h8-15H,1,6-7H2,2-5H3. The van der Waals surface area contributed by atoms with Crippen LogP contribution in [-0.2, 0) is 0 Å². The molecule has 122 valence electrons. The van der Waals surface area contributed by atoms with Crippen molar-refractivity contribution in [2.24, 2.45) is 0 Å². The van der Waals surface area contributed by atoms with Crippen molar-refractivity contribution in [1.29, 1.82) is 0 Å². The first-order valence-electron chi connectivity index (χ1n) is 8.72. The van der Waals surface area contributed by atoms with Gasteiger partial charge in [-0.3, -0.25) is 0 Å². The van der Waals surface area contributed by atoms with Gasteiger partial charge in [0.25, 0.3) is 0 Å². The Bertz CT molecular complexity index is 842. The van der Waals surface area contributed by atoms with Crippen LogP contribution in [0.2, 0.25) is 0 Å². The van der Waals surface area contributed by atoms with Crippen molar-refractivity contribution in [3.8, 4) is 11.1 Å². The van der Waals surface area contributed by atoms with Crippen LogP contribution < -0.4 is 0 Å². The lowest BCUT2D eigenvalue weighted by Gasteiger charge is -2.21. The molecule has 1 aliphatic rings. The zero-order valence-corrected chi connectivity index (χ0v) is 15.2. The minimum absolute atomic E-state index is 1.13. The maximum atomic E-state index is 4.25. The van der Waals surface area contributed by atoms with Gasteiger partial charge in [0.2, 0.25) is 0 Å². The molecule has 0 atom stereocenters. The van der Waals surface area contributed by atoms with Crippen molar-refractivity contribution in [2.45, 2.75) is 40.5 Å². The SMILES string of the molecule is C=C(C)c1cc(-c2ccc(C)cc2)cc(C)c1C1=CCCC=C1C. The van der Waals surface area contributed by atoms with Gasteiger partial charge in [-0.2, -0.15) is 0 Å². The summed E-state index contributed by atoms with van der Waals surface area (Å²) in [6, 6.07) is 13.4. The van der Waals surface area contributed by atoms with Crippen molar-refractivity contribution in [3.05, 3.63) is 83.0 Å². The molecular formula is C24H26. The molecule has 0 heteroatoms. The van der Waals surface area contributed by atoms with E-state index in [-0.39, 0.29) is 0 Å². The van der Waals surface area contributed by atoms with E-state index >= 15 is 0 Å². The molecule has 2 aromatic carbocycles. The molecule has 0 N–H and O–H groups in total. The molecule has 0 saturated carbocycles. The van der Waals surface area contributed by atoms with E-state index in [1.54, 1.807) is 0 Å². The van der Waals surface area contributed by atoms with Gasteiger partial charge in [-0.15, -0.1) is 0 Å². The Balaban J connectivity index is 2.18. The van der Waals surface area contributed by atoms with Crippen molar-refractivity contribution in [3.63, 3.8) is 0 Å². The Hall–Kier alpha value is -2.34. The van der Waals surface area contributed by atoms with Crippen LogP contribution in [0.1, 0.15) is 48.9 Å². The van der Waals surface area contributed by atoms with Gasteiger partial charge in [0.15, 0.2) is 0 Å². The first kappa shape index (κ1) is 16.5. The van der Waals surface area contributed by atoms with Crippen LogP contribution in [0.25, 0.3) is 22.3 Å². The molecule has 0 amide bonds. The fourth-order valence-electron chi connectivity index (χ4n) is 3.49. The summed E-state index contributed by atoms with van der Waals surface area (Å²) in [7, 11) is 0. The fourth-order valence-corrected chi connectivity index (χ4v) is 3.49. The lowest BCUT2D eigenvalue weighted by atomic mass is 9.83. The highest BCUT2D eigenvalue weighted by molar-refractivity contribution is 5.89. The van der Waals surface area contributed by atoms with E-state index in [1.807, 2.05) is 0 Å². The first-order chi connectivity index (χ1) is 11.5. The highest BCUT2D eigenvalue weighted by atomic mass is 14.2. The monoisotopic (exact) mass is 314 g/mol. The third kappa shape index (κ3) is 3.14. The molecule has 0 unspecified atom stereocenters. The summed E-state index contributed by atoms with van der Waals surface area (Å²) in [6.07, 6.45) is 7.01. The molecule has 0 aromatic heterocycles. The highest BCUT2D eigenvalue weighted by Gasteiger charge is 2.16. The Kier molecular flexibility index (Phi) is 4.57. The Morgan fingerprint density at radius 1 is 0.875 bits per heavy atom. The van der Waals surface area contributed by atoms with Crippen LogP contribution in [0.4, 0.5) is 0 Å². The summed E-state index contributed by atoms with van der Waals surface area (Å²) in [5, 5.41) is 0. The van der Waals surface area contributed by atoms with E-state index in [0.29, 0.717) is 0 Å². The lowest BCUT2D eigenvalue weighted by molar-refractivity contribution is 1.02. The third-order valence-corrected chi connectivity index (χ3v) is 4.84. The summed E-state index contributed by atoms with van der Waals surface area (Å²) in [6.45, 7) is 12.9. The van der Waals surface area contributed by atoms with Gasteiger partial charge >= 0.3 is 0 Å². The highest BCUT2D eigenvalue weighted by Crippen LogP contribution is 2.37. The number of hydrogen-bond donors (Lipinski definition) is 0. The van der Waals surface area contributed by atoms with E-state index in [9.17, 15) is 0 Å². The maximum absolute atomic E-state index is 4.25. The average Bonchev–Trinajstić information content (AvgIpc) is 2.55. The van der Waals surface area contributed by atoms with Crippen LogP contribution in [0.3, 0.4) is 0 Å². The molecule has 0 radical (unpaired) electrons. The number of aryl methyl sites for hydroxylation is 2. The summed E-state index contributed by atoms with van der Waals surface area (Å²) < 4.78 is 0. The molecule has 1 aliphatic carbocycles. The van der Waals surface area contributed by atoms with Gasteiger partial charge < -0.3 is 0 Å². The molecule has 2 aromatic rings. The topological polar surface area (TPSA) is 0 Å². The van der Waals surface area contributed by atoms with Crippen molar-refractivity contribution in [2.75, 3.05) is 0 Å². The van der Waals surface area contributed by atoms with Crippen LogP contribution >= 0.6 is 0 Å². The van der Waals surface area contributed by atoms with Crippen LogP contribution in [0, 0.1) is 13.8 Å². The van der Waals surface area contributed by atoms with E-state index in [1.165, 1.54) is 44.5 Å². The second-order valence-corrected chi connectivity index (χ2v) is 6.94. The number of rotatable bonds is 3. The van der Waals surface area contributed by atoms with Gasteiger partial charge in [0.1, 0.15) is 0 Å². The predicted molar refractivity (Wildman–Crippen MR) is 107 cm³/mol. The van der Waals surface area contributed by atoms with Crippen LogP contribution in [-0.4, -0.2) is 0 Å². The lowest BCUT2D eigenvalue weighted by Crippen LogP contribution is -2.00. The summed E-state index contributed by atoms with van der Waals surface area (Å²) >= 11 is 0. The molecule has 0 nitrogen and oxygen atoms in total. The normalized spacial score (nSPS) is 14.2. The molecule has 0 fully saturated rings. The van der Waals surface area contributed by atoms with Crippen molar-refractivity contribution in [1.82, 2.24) is 0 Å². The minimum Gasteiger partial charge on any atom is -0.0955 e. The van der Waals surface area contributed by atoms with E-state index in [0.717, 1.165) is 18.4 Å². The molecule has 3 rings (SSSR count). The second kappa shape index (κ2) is 6.65. The van der Waals surface area contributed by atoms with Gasteiger partial charge in [0, 0.05) is 0 Å². The van der Waals surface area contributed by atoms with E-state index in [2.05, 4.69) is 82.8 Å². The molecule has 0 spiro atoms. The van der Waals surface area contributed by atoms with Gasteiger partial charge in [0.05, 0.1) is 0 Å². The van der Waals surface area contributed by atoms with Gasteiger partial charge in [-0.25, -0.2) is 0 Å². The molecular weight excluding hydrogens is 288 g/mol. The maximum Gasteiger partial charge on any atom is -0.00799 e. The number of hydrogen-bond acceptors (Lipinski definition) is 0. The predicted octanol–water partition coefficient (Wildman–Crippen LogP) is 7.13. The largest absolute Gasteiger partial charge is 0.0955 e. The number of allylic oxidation sites excluding steroid dienone is 5. The molecule has 0 saturated heterocycles. The minimum atomic E-state index is 1.13. The fraction of sp³-hybridized carbons (Fsp3) is 0.250. The zero-order chi connectivity index (χ0) is 17.3. The smallest absolute Gasteiger partial charge is 0.00799 e. The van der Waals surface area contributed by atoms with Crippen LogP contribution in [0.5, 0.6) is 0 Å². The Morgan fingerprint density at radius 2 is 1.54 bits per heavy atom. The molecule has 24 heavy (non-hydrogen) atoms. The van der Waals surface area contributed by atoms with Crippen molar-refractivity contribution < 1.29 is 0 Å². The third-order valence-electron chi connectivity index (χ3n) is 4.84. The van der Waals surface area contributed by atoms with Crippen LogP contribution in [0.15, 0.2) is 60.7 Å². The zero-order valence-electron chi connectivity index (χ0n) is 15.2. The second-order valence-electron chi connectivity index (χ2n) is 6.94. The number of benzene rings is 2. The Labute approximate surface area is 146 Å². The average molecular weight is 314 g/mol. The molecule has 0 bridgehead atoms. The van der Waals surface area contributed by atoms with Gasteiger partial charge in [-0.1, -0.05) is 60.2 Å². The first-order valence-corrected chi connectivity index (χ1v) is 8.72.